The molecule has 9 nitrogen and oxygen atoms in total. The van der Waals surface area contributed by atoms with Crippen molar-refractivity contribution in [2.45, 2.75) is 44.0 Å². The van der Waals surface area contributed by atoms with Crippen LogP contribution in [0.5, 0.6) is 0 Å². The van der Waals surface area contributed by atoms with E-state index in [9.17, 15) is 22.4 Å². The van der Waals surface area contributed by atoms with E-state index in [0.29, 0.717) is 13.1 Å². The smallest absolute Gasteiger partial charge is 0.338 e. The molecule has 1 amide bonds. The number of amides is 1. The molecule has 2 aliphatic heterocycles. The Balaban J connectivity index is 1.73. The molecule has 172 valence electrons. The zero-order valence-corrected chi connectivity index (χ0v) is 18.6. The number of esters is 1. The Morgan fingerprint density at radius 2 is 1.77 bits per heavy atom. The van der Waals surface area contributed by atoms with Gasteiger partial charge in [-0.1, -0.05) is 0 Å². The number of carbonyl (C=O) groups is 2. The van der Waals surface area contributed by atoms with Gasteiger partial charge >= 0.3 is 5.97 Å². The van der Waals surface area contributed by atoms with Gasteiger partial charge in [0.15, 0.2) is 6.10 Å². The highest BCUT2D eigenvalue weighted by Gasteiger charge is 2.32. The van der Waals surface area contributed by atoms with Gasteiger partial charge in [-0.25, -0.2) is 17.6 Å². The predicted octanol–water partition coefficient (Wildman–Crippen LogP) is 1.03. The molecular weight excluding hydrogens is 431 g/mol. The fourth-order valence-electron chi connectivity index (χ4n) is 3.65. The first-order chi connectivity index (χ1) is 14.6. The molecule has 1 aromatic carbocycles. The lowest BCUT2D eigenvalue weighted by atomic mass is 10.2. The minimum absolute atomic E-state index is 0.0956. The van der Waals surface area contributed by atoms with Crippen molar-refractivity contribution in [2.24, 2.45) is 0 Å². The molecule has 1 aromatic rings. The highest BCUT2D eigenvalue weighted by molar-refractivity contribution is 7.89. The highest BCUT2D eigenvalue weighted by atomic mass is 32.2. The van der Waals surface area contributed by atoms with Crippen molar-refractivity contribution < 1.29 is 36.6 Å². The molecule has 3 rings (SSSR count). The van der Waals surface area contributed by atoms with Crippen molar-refractivity contribution in [1.82, 2.24) is 9.21 Å². The third-order valence-electron chi connectivity index (χ3n) is 5.12. The maximum Gasteiger partial charge on any atom is 0.338 e. The number of ether oxygens (including phenoxy) is 3. The molecule has 2 heterocycles. The molecule has 2 fully saturated rings. The van der Waals surface area contributed by atoms with Gasteiger partial charge in [0.25, 0.3) is 5.91 Å². The summed E-state index contributed by atoms with van der Waals surface area (Å²) < 4.78 is 57.0. The molecule has 31 heavy (non-hydrogen) atoms. The molecule has 3 unspecified atom stereocenters. The van der Waals surface area contributed by atoms with Gasteiger partial charge in [-0.2, -0.15) is 4.31 Å². The second kappa shape index (κ2) is 9.60. The zero-order chi connectivity index (χ0) is 22.8. The molecule has 0 bridgehead atoms. The molecule has 11 heteroatoms. The van der Waals surface area contributed by atoms with E-state index < -0.39 is 32.8 Å². The Morgan fingerprint density at radius 1 is 1.16 bits per heavy atom. The average molecular weight is 459 g/mol. The molecule has 0 saturated carbocycles. The molecule has 0 aromatic heterocycles. The topological polar surface area (TPSA) is 102 Å². The van der Waals surface area contributed by atoms with E-state index in [-0.39, 0.29) is 50.0 Å². The van der Waals surface area contributed by atoms with Crippen LogP contribution in [0.25, 0.3) is 0 Å². The summed E-state index contributed by atoms with van der Waals surface area (Å²) in [6.07, 6.45) is -1.37. The maximum absolute atomic E-state index is 14.3. The third kappa shape index (κ3) is 5.40. The number of nitrogens with zero attached hydrogens (tertiary/aromatic N) is 2. The summed E-state index contributed by atoms with van der Waals surface area (Å²) in [6.45, 7) is 6.51. The normalized spacial score (nSPS) is 23.9. The van der Waals surface area contributed by atoms with E-state index in [1.54, 1.807) is 4.90 Å². The van der Waals surface area contributed by atoms with Gasteiger partial charge in [0, 0.05) is 26.2 Å². The zero-order valence-electron chi connectivity index (χ0n) is 17.7. The molecule has 0 radical (unpaired) electrons. The third-order valence-corrected chi connectivity index (χ3v) is 7.03. The van der Waals surface area contributed by atoms with Gasteiger partial charge in [-0.05, 0) is 39.0 Å². The summed E-state index contributed by atoms with van der Waals surface area (Å²) >= 11 is 0. The Labute approximate surface area is 181 Å². The van der Waals surface area contributed by atoms with Crippen LogP contribution in [0.1, 0.15) is 31.1 Å². The number of morpholine rings is 2. The number of halogens is 1. The fraction of sp³-hybridized carbons (Fsp3) is 0.600. The van der Waals surface area contributed by atoms with E-state index in [0.717, 1.165) is 22.5 Å². The lowest BCUT2D eigenvalue weighted by molar-refractivity contribution is -0.151. The Hall–Kier alpha value is -2.08. The van der Waals surface area contributed by atoms with Crippen molar-refractivity contribution in [3.63, 3.8) is 0 Å². The van der Waals surface area contributed by atoms with E-state index in [1.165, 1.54) is 6.92 Å². The molecule has 0 N–H and O–H groups in total. The minimum Gasteiger partial charge on any atom is -0.449 e. The van der Waals surface area contributed by atoms with Gasteiger partial charge in [-0.15, -0.1) is 0 Å². The molecule has 0 spiro atoms. The number of hydrogen-bond donors (Lipinski definition) is 0. The van der Waals surface area contributed by atoms with Crippen LogP contribution in [0, 0.1) is 5.82 Å². The van der Waals surface area contributed by atoms with Crippen molar-refractivity contribution >= 4 is 21.9 Å². The van der Waals surface area contributed by atoms with Crippen molar-refractivity contribution in [3.8, 4) is 0 Å². The Bertz CT molecular complexity index is 923. The maximum atomic E-state index is 14.3. The monoisotopic (exact) mass is 458 g/mol. The Morgan fingerprint density at radius 3 is 2.39 bits per heavy atom. The molecule has 3 atom stereocenters. The average Bonchev–Trinajstić information content (AvgIpc) is 2.73. The summed E-state index contributed by atoms with van der Waals surface area (Å²) in [5.74, 6) is -2.25. The van der Waals surface area contributed by atoms with E-state index >= 15 is 0 Å². The summed E-state index contributed by atoms with van der Waals surface area (Å²) in [5, 5.41) is 0. The minimum atomic E-state index is -4.14. The predicted molar refractivity (Wildman–Crippen MR) is 107 cm³/mol. The number of benzene rings is 1. The van der Waals surface area contributed by atoms with Crippen LogP contribution < -0.4 is 0 Å². The Kier molecular flexibility index (Phi) is 7.30. The summed E-state index contributed by atoms with van der Waals surface area (Å²) in [6, 6.07) is 2.98. The number of carbonyl (C=O) groups excluding carboxylic acids is 2. The fourth-order valence-corrected chi connectivity index (χ4v) is 5.15. The number of sulfonamides is 1. The quantitative estimate of drug-likeness (QED) is 0.607. The van der Waals surface area contributed by atoms with E-state index in [2.05, 4.69) is 0 Å². The van der Waals surface area contributed by atoms with Crippen molar-refractivity contribution in [3.05, 3.63) is 29.6 Å². The first-order valence-corrected chi connectivity index (χ1v) is 11.6. The SMILES string of the molecule is CC1CN(C(=O)C(C)OC(=O)c2ccc(F)c(S(=O)(=O)N3CCOCC3)c2)CC(C)O1. The van der Waals surface area contributed by atoms with Crippen LogP contribution in [0.3, 0.4) is 0 Å². The van der Waals surface area contributed by atoms with Crippen LogP contribution in [0.15, 0.2) is 23.1 Å². The molecule has 2 aliphatic rings. The van der Waals surface area contributed by atoms with Crippen LogP contribution in [-0.2, 0) is 29.0 Å². The first-order valence-electron chi connectivity index (χ1n) is 10.1. The van der Waals surface area contributed by atoms with Crippen molar-refractivity contribution in [2.75, 3.05) is 39.4 Å². The van der Waals surface area contributed by atoms with E-state index in [4.69, 9.17) is 14.2 Å². The lowest BCUT2D eigenvalue weighted by Crippen LogP contribution is -2.51. The second-order valence-corrected chi connectivity index (χ2v) is 9.62. The van der Waals surface area contributed by atoms with E-state index in [1.807, 2.05) is 13.8 Å². The number of rotatable bonds is 5. The summed E-state index contributed by atoms with van der Waals surface area (Å²) in [7, 11) is -4.14. The molecule has 0 aliphatic carbocycles. The summed E-state index contributed by atoms with van der Waals surface area (Å²) in [5.41, 5.74) is -0.156. The van der Waals surface area contributed by atoms with Gasteiger partial charge in [0.2, 0.25) is 10.0 Å². The second-order valence-electron chi connectivity index (χ2n) is 7.71. The van der Waals surface area contributed by atoms with Crippen LogP contribution in [0.4, 0.5) is 4.39 Å². The van der Waals surface area contributed by atoms with Gasteiger partial charge in [0.1, 0.15) is 10.7 Å². The van der Waals surface area contributed by atoms with Crippen LogP contribution in [-0.4, -0.2) is 87.2 Å². The standard InChI is InChI=1S/C20H27FN2O7S/c1-13-11-22(12-14(2)29-13)19(24)15(3)30-20(25)16-4-5-17(21)18(10-16)31(26,27)23-6-8-28-9-7-23/h4-5,10,13-15H,6-9,11-12H2,1-3H3. The van der Waals surface area contributed by atoms with Gasteiger partial charge in [-0.3, -0.25) is 4.79 Å². The highest BCUT2D eigenvalue weighted by Crippen LogP contribution is 2.23. The number of hydrogen-bond acceptors (Lipinski definition) is 7. The lowest BCUT2D eigenvalue weighted by Gasteiger charge is -2.36. The van der Waals surface area contributed by atoms with Crippen LogP contribution >= 0.6 is 0 Å². The summed E-state index contributed by atoms with van der Waals surface area (Å²) in [4.78, 5) is 26.2. The first kappa shape index (κ1) is 23.6. The largest absolute Gasteiger partial charge is 0.449 e. The molecule has 2 saturated heterocycles. The van der Waals surface area contributed by atoms with Crippen molar-refractivity contribution in [1.29, 1.82) is 0 Å². The van der Waals surface area contributed by atoms with Crippen LogP contribution in [0.2, 0.25) is 0 Å². The van der Waals surface area contributed by atoms with Gasteiger partial charge < -0.3 is 19.1 Å². The molecular formula is C20H27FN2O7S. The van der Waals surface area contributed by atoms with Gasteiger partial charge in [0.05, 0.1) is 31.0 Å².